The van der Waals surface area contributed by atoms with Crippen molar-refractivity contribution in [2.75, 3.05) is 0 Å². The van der Waals surface area contributed by atoms with E-state index in [9.17, 15) is 4.39 Å². The summed E-state index contributed by atoms with van der Waals surface area (Å²) < 4.78 is 13.8. The third-order valence-corrected chi connectivity index (χ3v) is 4.76. The van der Waals surface area contributed by atoms with Crippen LogP contribution in [-0.4, -0.2) is 0 Å². The van der Waals surface area contributed by atoms with Crippen molar-refractivity contribution in [3.05, 3.63) is 69.0 Å². The van der Waals surface area contributed by atoms with Gasteiger partial charge in [-0.2, -0.15) is 0 Å². The molecule has 2 aromatic carbocycles. The summed E-state index contributed by atoms with van der Waals surface area (Å²) in [5.41, 5.74) is 2.98. The highest BCUT2D eigenvalue weighted by Crippen LogP contribution is 2.24. The zero-order valence-electron chi connectivity index (χ0n) is 13.0. The molecule has 0 nitrogen and oxygen atoms in total. The van der Waals surface area contributed by atoms with Gasteiger partial charge in [-0.3, -0.25) is 0 Å². The predicted molar refractivity (Wildman–Crippen MR) is 100 cm³/mol. The standard InChI is InChI=1S/C19H21Cl2F.CH4/c1-13(3-6-15-7-10-17(20)18(21)12-15)4-8-16-9-5-14(2)11-19(16)22;/h5,7,9-13H,3-4,6,8H2,1-2H3;1H4. The number of halogens is 3. The average Bonchev–Trinajstić information content (AvgIpc) is 2.47. The Hall–Kier alpha value is -1.05. The van der Waals surface area contributed by atoms with Crippen molar-refractivity contribution in [1.82, 2.24) is 0 Å². The zero-order valence-corrected chi connectivity index (χ0v) is 14.5. The Balaban J connectivity index is 0.00000264. The molecular weight excluding hydrogens is 330 g/mol. The van der Waals surface area contributed by atoms with E-state index < -0.39 is 0 Å². The lowest BCUT2D eigenvalue weighted by atomic mass is 9.94. The molecule has 0 fully saturated rings. The Labute approximate surface area is 149 Å². The van der Waals surface area contributed by atoms with E-state index >= 15 is 0 Å². The molecule has 2 aromatic rings. The molecule has 1 unspecified atom stereocenters. The summed E-state index contributed by atoms with van der Waals surface area (Å²) in [5.74, 6) is 0.451. The maximum atomic E-state index is 13.8. The summed E-state index contributed by atoms with van der Waals surface area (Å²) in [7, 11) is 0. The highest BCUT2D eigenvalue weighted by Gasteiger charge is 2.08. The summed E-state index contributed by atoms with van der Waals surface area (Å²) in [5, 5.41) is 1.20. The van der Waals surface area contributed by atoms with Crippen LogP contribution in [0.2, 0.25) is 10.0 Å². The van der Waals surface area contributed by atoms with Crippen LogP contribution in [0, 0.1) is 18.7 Å². The summed E-state index contributed by atoms with van der Waals surface area (Å²) in [6.07, 6.45) is 3.80. The van der Waals surface area contributed by atoms with Crippen molar-refractivity contribution in [3.8, 4) is 0 Å². The van der Waals surface area contributed by atoms with Gasteiger partial charge in [-0.05, 0) is 73.4 Å². The second-order valence-electron chi connectivity index (χ2n) is 6.03. The molecule has 23 heavy (non-hydrogen) atoms. The molecule has 0 heterocycles. The van der Waals surface area contributed by atoms with Crippen LogP contribution in [-0.2, 0) is 12.8 Å². The van der Waals surface area contributed by atoms with Crippen LogP contribution in [0.4, 0.5) is 4.39 Å². The third kappa shape index (κ3) is 6.16. The molecule has 0 N–H and O–H groups in total. The van der Waals surface area contributed by atoms with E-state index in [0.717, 1.165) is 36.8 Å². The monoisotopic (exact) mass is 354 g/mol. The summed E-state index contributed by atoms with van der Waals surface area (Å²) in [4.78, 5) is 0. The molecule has 1 atom stereocenters. The third-order valence-electron chi connectivity index (χ3n) is 4.02. The molecule has 0 bridgehead atoms. The minimum Gasteiger partial charge on any atom is -0.207 e. The van der Waals surface area contributed by atoms with Gasteiger partial charge in [0, 0.05) is 0 Å². The van der Waals surface area contributed by atoms with E-state index in [-0.39, 0.29) is 13.2 Å². The molecule has 0 aliphatic carbocycles. The van der Waals surface area contributed by atoms with Gasteiger partial charge in [-0.1, -0.05) is 55.8 Å². The maximum Gasteiger partial charge on any atom is 0.126 e. The van der Waals surface area contributed by atoms with E-state index in [1.54, 1.807) is 6.07 Å². The maximum absolute atomic E-state index is 13.8. The summed E-state index contributed by atoms with van der Waals surface area (Å²) >= 11 is 11.9. The number of rotatable bonds is 6. The van der Waals surface area contributed by atoms with Gasteiger partial charge in [0.15, 0.2) is 0 Å². The van der Waals surface area contributed by atoms with Crippen LogP contribution >= 0.6 is 23.2 Å². The van der Waals surface area contributed by atoms with Crippen LogP contribution in [0.15, 0.2) is 36.4 Å². The van der Waals surface area contributed by atoms with Crippen molar-refractivity contribution in [3.63, 3.8) is 0 Å². The molecule has 0 aliphatic heterocycles. The first-order valence-corrected chi connectivity index (χ1v) is 8.40. The normalized spacial score (nSPS) is 11.9. The molecular formula is C20H25Cl2F. The van der Waals surface area contributed by atoms with Gasteiger partial charge in [0.25, 0.3) is 0 Å². The molecule has 0 spiro atoms. The molecule has 0 aromatic heterocycles. The van der Waals surface area contributed by atoms with Gasteiger partial charge in [0.1, 0.15) is 5.82 Å². The lowest BCUT2D eigenvalue weighted by Gasteiger charge is -2.12. The smallest absolute Gasteiger partial charge is 0.126 e. The van der Waals surface area contributed by atoms with Crippen LogP contribution in [0.3, 0.4) is 0 Å². The van der Waals surface area contributed by atoms with E-state index in [1.165, 1.54) is 5.56 Å². The first kappa shape index (κ1) is 20.0. The first-order chi connectivity index (χ1) is 10.5. The Morgan fingerprint density at radius 2 is 1.65 bits per heavy atom. The topological polar surface area (TPSA) is 0 Å². The van der Waals surface area contributed by atoms with Gasteiger partial charge >= 0.3 is 0 Å². The van der Waals surface area contributed by atoms with Crippen molar-refractivity contribution in [2.24, 2.45) is 5.92 Å². The lowest BCUT2D eigenvalue weighted by molar-refractivity contribution is 0.485. The SMILES string of the molecule is C.Cc1ccc(CCC(C)CCc2ccc(Cl)c(Cl)c2)c(F)c1. The molecule has 0 saturated heterocycles. The van der Waals surface area contributed by atoms with Crippen LogP contribution in [0.1, 0.15) is 43.9 Å². The van der Waals surface area contributed by atoms with Crippen molar-refractivity contribution in [1.29, 1.82) is 0 Å². The quantitative estimate of drug-likeness (QED) is 0.511. The van der Waals surface area contributed by atoms with Gasteiger partial charge in [-0.15, -0.1) is 0 Å². The highest BCUT2D eigenvalue weighted by atomic mass is 35.5. The van der Waals surface area contributed by atoms with Crippen LogP contribution < -0.4 is 0 Å². The van der Waals surface area contributed by atoms with Crippen molar-refractivity contribution < 1.29 is 4.39 Å². The highest BCUT2D eigenvalue weighted by molar-refractivity contribution is 6.42. The van der Waals surface area contributed by atoms with Crippen LogP contribution in [0.25, 0.3) is 0 Å². The molecule has 0 amide bonds. The lowest BCUT2D eigenvalue weighted by Crippen LogP contribution is -2.01. The molecule has 0 aliphatic rings. The fraction of sp³-hybridized carbons (Fsp3) is 0.400. The first-order valence-electron chi connectivity index (χ1n) is 7.64. The Kier molecular flexibility index (Phi) is 8.08. The van der Waals surface area contributed by atoms with E-state index in [4.69, 9.17) is 23.2 Å². The zero-order chi connectivity index (χ0) is 16.1. The molecule has 2 rings (SSSR count). The fourth-order valence-corrected chi connectivity index (χ4v) is 2.83. The predicted octanol–water partition coefficient (Wildman–Crippen LogP) is 7.28. The number of hydrogen-bond acceptors (Lipinski definition) is 0. The van der Waals surface area contributed by atoms with E-state index in [2.05, 4.69) is 6.92 Å². The van der Waals surface area contributed by atoms with E-state index in [1.807, 2.05) is 37.3 Å². The van der Waals surface area contributed by atoms with Crippen molar-refractivity contribution in [2.45, 2.75) is 47.0 Å². The van der Waals surface area contributed by atoms with Gasteiger partial charge in [0.05, 0.1) is 10.0 Å². The van der Waals surface area contributed by atoms with Crippen LogP contribution in [0.5, 0.6) is 0 Å². The molecule has 126 valence electrons. The summed E-state index contributed by atoms with van der Waals surface area (Å²) in [6.45, 7) is 4.12. The summed E-state index contributed by atoms with van der Waals surface area (Å²) in [6, 6.07) is 11.3. The van der Waals surface area contributed by atoms with E-state index in [0.29, 0.717) is 16.0 Å². The second kappa shape index (κ2) is 9.30. The Bertz CT molecular complexity index is 638. The molecule has 0 saturated carbocycles. The van der Waals surface area contributed by atoms with Gasteiger partial charge in [0.2, 0.25) is 0 Å². The minimum absolute atomic E-state index is 0. The Morgan fingerprint density at radius 1 is 0.957 bits per heavy atom. The average molecular weight is 355 g/mol. The molecule has 0 radical (unpaired) electrons. The van der Waals surface area contributed by atoms with Crippen molar-refractivity contribution >= 4 is 23.2 Å². The number of hydrogen-bond donors (Lipinski definition) is 0. The minimum atomic E-state index is -0.0864. The van der Waals surface area contributed by atoms with Gasteiger partial charge in [-0.25, -0.2) is 4.39 Å². The largest absolute Gasteiger partial charge is 0.207 e. The number of benzene rings is 2. The van der Waals surface area contributed by atoms with Gasteiger partial charge < -0.3 is 0 Å². The number of aryl methyl sites for hydroxylation is 3. The second-order valence-corrected chi connectivity index (χ2v) is 6.84. The molecule has 3 heteroatoms. The Morgan fingerprint density at radius 3 is 2.30 bits per heavy atom. The fourth-order valence-electron chi connectivity index (χ4n) is 2.51.